The minimum Gasteiger partial charge on any atom is -0.508 e. The molecule has 1 saturated carbocycles. The average Bonchev–Trinajstić information content (AvgIpc) is 2.93. The van der Waals surface area contributed by atoms with Crippen molar-refractivity contribution in [3.8, 4) is 5.75 Å². The summed E-state index contributed by atoms with van der Waals surface area (Å²) in [5.41, 5.74) is -1.14. The molecule has 44 heavy (non-hydrogen) atoms. The third-order valence-electron chi connectivity index (χ3n) is 9.83. The lowest BCUT2D eigenvalue weighted by Gasteiger charge is -2.50. The van der Waals surface area contributed by atoms with Crippen LogP contribution in [0, 0.1) is 11.8 Å². The standard InChI is InChI=1S/C30H37F3N4O7/c1-5-36-7-8-37(6-2)17(12-36)14-11-18(38)20-15(22(14)30(31,32)33)9-13-10-16-23(35(3)4)25(40)21(28(34)43)27(42)29(16,44)26(41)19(13)24(20)39/h11,13,16-17,23,38-39,42,44H,5-10,12H2,1-4H3,(H2,34,43)/t13-,16-,17?,23-,29-/m0/s1. The molecule has 5 atom stereocenters. The number of Topliss-reactive ketones (excluding diaryl/α,β-unsaturated/α-hetero) is 2. The summed E-state index contributed by atoms with van der Waals surface area (Å²) in [6.07, 6.45) is -5.65. The van der Waals surface area contributed by atoms with E-state index in [2.05, 4.69) is 0 Å². The molecule has 1 aromatic carbocycles. The Morgan fingerprint density at radius 2 is 1.80 bits per heavy atom. The molecule has 0 aromatic heterocycles. The van der Waals surface area contributed by atoms with E-state index in [-0.39, 0.29) is 24.1 Å². The maximum Gasteiger partial charge on any atom is 0.417 e. The third kappa shape index (κ3) is 4.53. The van der Waals surface area contributed by atoms with Crippen LogP contribution in [0.5, 0.6) is 5.75 Å². The Bertz CT molecular complexity index is 1500. The minimum absolute atomic E-state index is 0.144. The quantitative estimate of drug-likeness (QED) is 0.305. The first kappa shape index (κ1) is 31.9. The zero-order valence-corrected chi connectivity index (χ0v) is 24.9. The van der Waals surface area contributed by atoms with Crippen molar-refractivity contribution < 1.29 is 48.0 Å². The molecule has 6 N–H and O–H groups in total. The summed E-state index contributed by atoms with van der Waals surface area (Å²) >= 11 is 0. The number of hydrogen-bond acceptors (Lipinski definition) is 10. The molecule has 1 unspecified atom stereocenters. The Morgan fingerprint density at radius 3 is 2.34 bits per heavy atom. The summed E-state index contributed by atoms with van der Waals surface area (Å²) in [6, 6.07) is -1.06. The van der Waals surface area contributed by atoms with Gasteiger partial charge in [-0.3, -0.25) is 24.2 Å². The van der Waals surface area contributed by atoms with Gasteiger partial charge in [0.05, 0.1) is 17.2 Å². The van der Waals surface area contributed by atoms with Gasteiger partial charge in [-0.25, -0.2) is 0 Å². The van der Waals surface area contributed by atoms with E-state index >= 15 is 13.2 Å². The fraction of sp³-hybridized carbons (Fsp3) is 0.567. The molecule has 11 nitrogen and oxygen atoms in total. The van der Waals surface area contributed by atoms with Crippen molar-refractivity contribution in [2.45, 2.75) is 50.6 Å². The zero-order chi connectivity index (χ0) is 32.6. The molecule has 0 radical (unpaired) electrons. The van der Waals surface area contributed by atoms with E-state index < -0.39 is 99.1 Å². The topological polar surface area (TPSA) is 168 Å². The van der Waals surface area contributed by atoms with Crippen LogP contribution in [0.3, 0.4) is 0 Å². The highest BCUT2D eigenvalue weighted by atomic mass is 19.4. The predicted octanol–water partition coefficient (Wildman–Crippen LogP) is 1.68. The van der Waals surface area contributed by atoms with Crippen LogP contribution in [0.2, 0.25) is 0 Å². The Hall–Kier alpha value is -3.46. The number of fused-ring (bicyclic) bond motifs is 3. The highest BCUT2D eigenvalue weighted by molar-refractivity contribution is 6.24. The van der Waals surface area contributed by atoms with Crippen molar-refractivity contribution in [1.82, 2.24) is 14.7 Å². The summed E-state index contributed by atoms with van der Waals surface area (Å²) in [5, 5.41) is 45.2. The molecule has 0 bridgehead atoms. The van der Waals surface area contributed by atoms with Crippen LogP contribution in [0.1, 0.15) is 48.6 Å². The zero-order valence-electron chi connectivity index (χ0n) is 24.9. The number of nitrogens with two attached hydrogens (primary N) is 1. The van der Waals surface area contributed by atoms with Gasteiger partial charge < -0.3 is 31.1 Å². The van der Waals surface area contributed by atoms with Crippen molar-refractivity contribution in [2.75, 3.05) is 46.8 Å². The highest BCUT2D eigenvalue weighted by Crippen LogP contribution is 2.55. The van der Waals surface area contributed by atoms with Crippen LogP contribution in [0.15, 0.2) is 23.0 Å². The molecule has 1 saturated heterocycles. The van der Waals surface area contributed by atoms with Gasteiger partial charge >= 0.3 is 6.18 Å². The Morgan fingerprint density at radius 1 is 1.14 bits per heavy atom. The summed E-state index contributed by atoms with van der Waals surface area (Å²) in [7, 11) is 2.89. The number of phenolic OH excluding ortho intramolecular Hbond substituents is 1. The number of benzene rings is 1. The van der Waals surface area contributed by atoms with Crippen LogP contribution in [-0.4, -0.2) is 111 Å². The van der Waals surface area contributed by atoms with Gasteiger partial charge in [-0.1, -0.05) is 13.8 Å². The monoisotopic (exact) mass is 622 g/mol. The molecule has 1 amide bonds. The van der Waals surface area contributed by atoms with Crippen molar-refractivity contribution in [3.63, 3.8) is 0 Å². The van der Waals surface area contributed by atoms with E-state index in [4.69, 9.17) is 5.73 Å². The van der Waals surface area contributed by atoms with Gasteiger partial charge in [0.1, 0.15) is 22.8 Å². The Balaban J connectivity index is 1.75. The average molecular weight is 623 g/mol. The number of carbonyl (C=O) groups excluding carboxylic acids is 3. The van der Waals surface area contributed by atoms with Crippen molar-refractivity contribution in [2.24, 2.45) is 17.6 Å². The first-order valence-corrected chi connectivity index (χ1v) is 14.6. The van der Waals surface area contributed by atoms with Gasteiger partial charge in [-0.2, -0.15) is 13.2 Å². The number of carbonyl (C=O) groups is 3. The van der Waals surface area contributed by atoms with Gasteiger partial charge in [0.25, 0.3) is 5.91 Å². The second kappa shape index (κ2) is 10.9. The van der Waals surface area contributed by atoms with E-state index in [1.807, 2.05) is 23.6 Å². The van der Waals surface area contributed by atoms with Crippen molar-refractivity contribution in [1.29, 1.82) is 0 Å². The second-order valence-corrected chi connectivity index (χ2v) is 12.2. The lowest BCUT2D eigenvalue weighted by molar-refractivity contribution is -0.153. The molecule has 14 heteroatoms. The number of aliphatic hydroxyl groups is 3. The number of piperazine rings is 1. The molecule has 1 aromatic rings. The number of phenols is 1. The molecule has 2 fully saturated rings. The summed E-state index contributed by atoms with van der Waals surface area (Å²) in [6.45, 7) is 6.32. The number of rotatable bonds is 5. The molecule has 3 aliphatic carbocycles. The largest absolute Gasteiger partial charge is 0.508 e. The number of primary amides is 1. The number of nitrogens with zero attached hydrogens (tertiary/aromatic N) is 3. The molecule has 240 valence electrons. The number of ketones is 2. The number of amides is 1. The molecular formula is C30H37F3N4O7. The fourth-order valence-electron chi connectivity index (χ4n) is 7.78. The number of hydrogen-bond donors (Lipinski definition) is 5. The third-order valence-corrected chi connectivity index (χ3v) is 9.83. The smallest absolute Gasteiger partial charge is 0.417 e. The molecular weight excluding hydrogens is 585 g/mol. The number of alkyl halides is 3. The number of halogens is 3. The summed E-state index contributed by atoms with van der Waals surface area (Å²) in [5.74, 6) is -8.99. The molecule has 1 heterocycles. The lowest BCUT2D eigenvalue weighted by Crippen LogP contribution is -2.65. The fourth-order valence-corrected chi connectivity index (χ4v) is 7.78. The van der Waals surface area contributed by atoms with Gasteiger partial charge in [0.2, 0.25) is 5.78 Å². The predicted molar refractivity (Wildman–Crippen MR) is 151 cm³/mol. The van der Waals surface area contributed by atoms with E-state index in [0.29, 0.717) is 26.2 Å². The van der Waals surface area contributed by atoms with Crippen LogP contribution >= 0.6 is 0 Å². The van der Waals surface area contributed by atoms with Gasteiger partial charge in [-0.05, 0) is 63.1 Å². The van der Waals surface area contributed by atoms with Crippen LogP contribution < -0.4 is 5.73 Å². The number of likely N-dealkylation sites (N-methyl/N-ethyl adjacent to an activating group) is 3. The van der Waals surface area contributed by atoms with Gasteiger partial charge in [-0.15, -0.1) is 0 Å². The van der Waals surface area contributed by atoms with E-state index in [0.717, 1.165) is 6.07 Å². The minimum atomic E-state index is -4.90. The molecule has 0 spiro atoms. The van der Waals surface area contributed by atoms with Crippen LogP contribution in [0.25, 0.3) is 5.76 Å². The molecule has 4 aliphatic rings. The maximum atomic E-state index is 15.0. The first-order chi connectivity index (χ1) is 20.5. The SMILES string of the molecule is CCN1CCN(CC)C(c2cc(O)c3c(c2C(F)(F)F)C[C@H]2C[C@H]4[C@H](N(C)C)C(=O)C(C(N)=O)=C(O)[C@@]4(O)C(=O)C2=C3O)C1. The van der Waals surface area contributed by atoms with Gasteiger partial charge in [0, 0.05) is 37.2 Å². The normalized spacial score (nSPS) is 30.0. The summed E-state index contributed by atoms with van der Waals surface area (Å²) in [4.78, 5) is 44.6. The number of aromatic hydroxyl groups is 1. The van der Waals surface area contributed by atoms with Crippen molar-refractivity contribution in [3.05, 3.63) is 45.2 Å². The van der Waals surface area contributed by atoms with Crippen molar-refractivity contribution >= 4 is 23.2 Å². The molecule has 5 rings (SSSR count). The summed E-state index contributed by atoms with van der Waals surface area (Å²) < 4.78 is 45.1. The van der Waals surface area contributed by atoms with E-state index in [1.54, 1.807) is 0 Å². The first-order valence-electron chi connectivity index (χ1n) is 14.6. The Kier molecular flexibility index (Phi) is 7.89. The highest BCUT2D eigenvalue weighted by Gasteiger charge is 2.64. The van der Waals surface area contributed by atoms with Crippen LogP contribution in [-0.2, 0) is 27.0 Å². The lowest BCUT2D eigenvalue weighted by atomic mass is 9.57. The number of aliphatic hydroxyl groups excluding tert-OH is 2. The molecule has 1 aliphatic heterocycles. The van der Waals surface area contributed by atoms with Gasteiger partial charge in [0.15, 0.2) is 11.4 Å². The maximum absolute atomic E-state index is 15.0. The van der Waals surface area contributed by atoms with E-state index in [9.17, 15) is 34.8 Å². The van der Waals surface area contributed by atoms with Crippen LogP contribution in [0.4, 0.5) is 13.2 Å². The second-order valence-electron chi connectivity index (χ2n) is 12.2. The Labute approximate surface area is 252 Å². The van der Waals surface area contributed by atoms with E-state index in [1.165, 1.54) is 19.0 Å².